The number of hydrogen-bond acceptors (Lipinski definition) is 6. The average Bonchev–Trinajstić information content (AvgIpc) is 3.37. The van der Waals surface area contributed by atoms with E-state index in [1.54, 1.807) is 6.20 Å². The van der Waals surface area contributed by atoms with Crippen LogP contribution in [0.15, 0.2) is 65.6 Å². The van der Waals surface area contributed by atoms with E-state index in [2.05, 4.69) is 36.6 Å². The number of H-pyrrole nitrogens is 2. The second kappa shape index (κ2) is 9.36. The summed E-state index contributed by atoms with van der Waals surface area (Å²) in [6.07, 6.45) is 4.02. The van der Waals surface area contributed by atoms with E-state index in [9.17, 15) is 9.59 Å². The van der Waals surface area contributed by atoms with Crippen molar-refractivity contribution < 1.29 is 4.79 Å². The van der Waals surface area contributed by atoms with Gasteiger partial charge in [0.1, 0.15) is 16.9 Å². The van der Waals surface area contributed by atoms with Crippen molar-refractivity contribution in [1.82, 2.24) is 24.8 Å². The Bertz CT molecular complexity index is 1750. The first kappa shape index (κ1) is 23.6. The molecule has 0 aliphatic carbocycles. The molecule has 0 saturated carbocycles. The van der Waals surface area contributed by atoms with Gasteiger partial charge in [0, 0.05) is 36.8 Å². The molecule has 9 heteroatoms. The van der Waals surface area contributed by atoms with E-state index < -0.39 is 0 Å². The van der Waals surface area contributed by atoms with Gasteiger partial charge in [-0.3, -0.25) is 9.59 Å². The van der Waals surface area contributed by atoms with Crippen LogP contribution in [0.2, 0.25) is 0 Å². The van der Waals surface area contributed by atoms with Gasteiger partial charge in [0.15, 0.2) is 5.65 Å². The molecule has 0 unspecified atom stereocenters. The van der Waals surface area contributed by atoms with Crippen LogP contribution >= 0.6 is 0 Å². The van der Waals surface area contributed by atoms with Crippen molar-refractivity contribution in [2.24, 2.45) is 5.92 Å². The highest BCUT2D eigenvalue weighted by atomic mass is 16.1. The normalized spacial score (nSPS) is 20.4. The Morgan fingerprint density at radius 3 is 2.64 bits per heavy atom. The number of piperidine rings is 3. The van der Waals surface area contributed by atoms with Crippen LogP contribution in [0.3, 0.4) is 0 Å². The fraction of sp³-hybridized carbons (Fsp3) is 0.267. The second-order valence-corrected chi connectivity index (χ2v) is 10.6. The van der Waals surface area contributed by atoms with Gasteiger partial charge in [-0.1, -0.05) is 18.2 Å². The summed E-state index contributed by atoms with van der Waals surface area (Å²) in [5, 5.41) is 7.60. The quantitative estimate of drug-likeness (QED) is 0.270. The lowest BCUT2D eigenvalue weighted by Gasteiger charge is -2.45. The van der Waals surface area contributed by atoms with Crippen molar-refractivity contribution >= 4 is 39.3 Å². The zero-order valence-corrected chi connectivity index (χ0v) is 21.6. The average molecular weight is 520 g/mol. The SMILES string of the molecule is CC(=O)Nc1cccc(-c2ccc3[nH]c(=O)c(-c4nc5cccnc5[nH]4)c(N[C@H]4CN5CCC4CC5)c3c2)c1. The molecule has 6 heterocycles. The third kappa shape index (κ3) is 4.34. The molecule has 1 atom stereocenters. The molecule has 3 aromatic heterocycles. The van der Waals surface area contributed by atoms with E-state index in [1.807, 2.05) is 48.5 Å². The smallest absolute Gasteiger partial charge is 0.261 e. The van der Waals surface area contributed by atoms with Crippen LogP contribution in [0.25, 0.3) is 44.6 Å². The molecule has 1 amide bonds. The van der Waals surface area contributed by atoms with E-state index in [1.165, 1.54) is 6.92 Å². The first-order chi connectivity index (χ1) is 19.0. The predicted octanol–water partition coefficient (Wildman–Crippen LogP) is 4.60. The van der Waals surface area contributed by atoms with E-state index in [0.717, 1.165) is 65.9 Å². The highest BCUT2D eigenvalue weighted by Crippen LogP contribution is 2.37. The van der Waals surface area contributed by atoms with Gasteiger partial charge < -0.3 is 25.5 Å². The van der Waals surface area contributed by atoms with Gasteiger partial charge in [0.05, 0.1) is 11.2 Å². The monoisotopic (exact) mass is 519 g/mol. The molecule has 0 radical (unpaired) electrons. The lowest BCUT2D eigenvalue weighted by molar-refractivity contribution is -0.114. The number of hydrogen-bond donors (Lipinski definition) is 4. The zero-order chi connectivity index (χ0) is 26.5. The molecular formula is C30H29N7O2. The Kier molecular flexibility index (Phi) is 5.66. The summed E-state index contributed by atoms with van der Waals surface area (Å²) < 4.78 is 0. The number of aromatic amines is 2. The molecule has 3 saturated heterocycles. The van der Waals surface area contributed by atoms with Gasteiger partial charge in [-0.15, -0.1) is 0 Å². The standard InChI is InChI=1S/C30H29N7O2/c1-17(38)32-21-5-2-4-19(14-21)20-7-8-23-22(15-20)27(33-25-16-37-12-9-18(25)10-13-37)26(30(39)35-23)29-34-24-6-3-11-31-28(24)36-29/h2-8,11,14-15,18,25H,9-10,12-13,16H2,1H3,(H,32,38)(H,31,34,36)(H2,33,35,39)/t25-/m0/s1. The van der Waals surface area contributed by atoms with Crippen LogP contribution in [0, 0.1) is 5.92 Å². The Hall–Kier alpha value is -4.50. The number of carbonyl (C=O) groups is 1. The first-order valence-electron chi connectivity index (χ1n) is 13.4. The Morgan fingerprint density at radius 2 is 1.87 bits per heavy atom. The maximum absolute atomic E-state index is 13.6. The summed E-state index contributed by atoms with van der Waals surface area (Å²) >= 11 is 0. The van der Waals surface area contributed by atoms with Crippen LogP contribution < -0.4 is 16.2 Å². The minimum Gasteiger partial charge on any atom is -0.379 e. The third-order valence-electron chi connectivity index (χ3n) is 8.01. The number of benzene rings is 2. The molecule has 39 heavy (non-hydrogen) atoms. The van der Waals surface area contributed by atoms with Crippen LogP contribution in [0.1, 0.15) is 19.8 Å². The molecular weight excluding hydrogens is 490 g/mol. The molecule has 196 valence electrons. The number of anilines is 2. The van der Waals surface area contributed by atoms with Gasteiger partial charge in [-0.25, -0.2) is 9.97 Å². The van der Waals surface area contributed by atoms with Crippen LogP contribution in [0.4, 0.5) is 11.4 Å². The number of amides is 1. The maximum Gasteiger partial charge on any atom is 0.261 e. The minimum atomic E-state index is -0.203. The number of imidazole rings is 1. The summed E-state index contributed by atoms with van der Waals surface area (Å²) in [5.41, 5.74) is 5.87. The fourth-order valence-electron chi connectivity index (χ4n) is 6.10. The summed E-state index contributed by atoms with van der Waals surface area (Å²) in [5.74, 6) is 0.943. The number of fused-ring (bicyclic) bond motifs is 5. The highest BCUT2D eigenvalue weighted by Gasteiger charge is 2.35. The summed E-state index contributed by atoms with van der Waals surface area (Å²) in [4.78, 5) is 43.2. The molecule has 0 spiro atoms. The lowest BCUT2D eigenvalue weighted by Crippen LogP contribution is -2.53. The molecule has 8 rings (SSSR count). The number of nitrogens with zero attached hydrogens (tertiary/aromatic N) is 3. The van der Waals surface area contributed by atoms with Gasteiger partial charge in [0.2, 0.25) is 5.91 Å². The van der Waals surface area contributed by atoms with Gasteiger partial charge in [-0.2, -0.15) is 0 Å². The number of aromatic nitrogens is 4. The lowest BCUT2D eigenvalue weighted by atomic mass is 9.83. The maximum atomic E-state index is 13.6. The molecule has 3 aliphatic rings. The van der Waals surface area contributed by atoms with Crippen molar-refractivity contribution in [1.29, 1.82) is 0 Å². The van der Waals surface area contributed by atoms with Gasteiger partial charge in [-0.05, 0) is 79.4 Å². The van der Waals surface area contributed by atoms with Crippen LogP contribution in [-0.2, 0) is 4.79 Å². The molecule has 3 aliphatic heterocycles. The largest absolute Gasteiger partial charge is 0.379 e. The molecule has 2 bridgehead atoms. The van der Waals surface area contributed by atoms with E-state index in [4.69, 9.17) is 4.98 Å². The number of nitrogens with one attached hydrogen (secondary N) is 4. The predicted molar refractivity (Wildman–Crippen MR) is 154 cm³/mol. The third-order valence-corrected chi connectivity index (χ3v) is 8.01. The van der Waals surface area contributed by atoms with Crippen molar-refractivity contribution in [3.05, 3.63) is 71.1 Å². The summed E-state index contributed by atoms with van der Waals surface area (Å²) in [6, 6.07) is 17.8. The Morgan fingerprint density at radius 1 is 1.03 bits per heavy atom. The Labute approximate surface area is 224 Å². The second-order valence-electron chi connectivity index (χ2n) is 10.6. The van der Waals surface area contributed by atoms with E-state index >= 15 is 0 Å². The van der Waals surface area contributed by atoms with Crippen LogP contribution in [-0.4, -0.2) is 56.4 Å². The molecule has 3 fully saturated rings. The first-order valence-corrected chi connectivity index (χ1v) is 13.4. The van der Waals surface area contributed by atoms with Crippen LogP contribution in [0.5, 0.6) is 0 Å². The van der Waals surface area contributed by atoms with Crippen molar-refractivity contribution in [2.75, 3.05) is 30.3 Å². The van der Waals surface area contributed by atoms with Crippen molar-refractivity contribution in [3.63, 3.8) is 0 Å². The topological polar surface area (TPSA) is 119 Å². The van der Waals surface area contributed by atoms with Crippen molar-refractivity contribution in [3.8, 4) is 22.5 Å². The zero-order valence-electron chi connectivity index (χ0n) is 21.6. The molecule has 2 aromatic carbocycles. The number of pyridine rings is 2. The van der Waals surface area contributed by atoms with Gasteiger partial charge >= 0.3 is 0 Å². The highest BCUT2D eigenvalue weighted by molar-refractivity contribution is 6.01. The Balaban J connectivity index is 1.41. The fourth-order valence-corrected chi connectivity index (χ4v) is 6.10. The molecule has 5 aromatic rings. The van der Waals surface area contributed by atoms with Crippen molar-refractivity contribution in [2.45, 2.75) is 25.8 Å². The molecule has 9 nitrogen and oxygen atoms in total. The summed E-state index contributed by atoms with van der Waals surface area (Å²) in [7, 11) is 0. The minimum absolute atomic E-state index is 0.114. The molecule has 4 N–H and O–H groups in total. The number of rotatable bonds is 5. The number of carbonyl (C=O) groups excluding carboxylic acids is 1. The van der Waals surface area contributed by atoms with E-state index in [0.29, 0.717) is 28.5 Å². The van der Waals surface area contributed by atoms with E-state index in [-0.39, 0.29) is 17.5 Å². The summed E-state index contributed by atoms with van der Waals surface area (Å²) in [6.45, 7) is 4.73. The van der Waals surface area contributed by atoms with Gasteiger partial charge in [0.25, 0.3) is 5.56 Å².